The van der Waals surface area contributed by atoms with Crippen LogP contribution in [0.15, 0.2) is 18.2 Å². The van der Waals surface area contributed by atoms with Crippen molar-refractivity contribution in [3.05, 3.63) is 33.9 Å². The molecule has 1 aromatic rings. The fourth-order valence-electron chi connectivity index (χ4n) is 1.61. The van der Waals surface area contributed by atoms with E-state index in [1.54, 1.807) is 0 Å². The second-order valence-electron chi connectivity index (χ2n) is 6.11. The van der Waals surface area contributed by atoms with Gasteiger partial charge < -0.3 is 10.7 Å². The molecule has 21 heavy (non-hydrogen) atoms. The molecule has 0 aliphatic heterocycles. The molecule has 116 valence electrons. The topological polar surface area (TPSA) is 110 Å². The minimum absolute atomic E-state index is 0.0900. The summed E-state index contributed by atoms with van der Waals surface area (Å²) in [5.74, 6) is 5.27. The lowest BCUT2D eigenvalue weighted by Gasteiger charge is -2.27. The van der Waals surface area contributed by atoms with Crippen LogP contribution in [0.3, 0.4) is 0 Å². The monoisotopic (exact) mass is 294 g/mol. The highest BCUT2D eigenvalue weighted by Crippen LogP contribution is 2.26. The molecule has 0 saturated heterocycles. The second-order valence-corrected chi connectivity index (χ2v) is 6.11. The molecule has 1 rings (SSSR count). The van der Waals surface area contributed by atoms with E-state index >= 15 is 0 Å². The lowest BCUT2D eigenvalue weighted by atomic mass is 9.82. The molecular weight excluding hydrogens is 272 g/mol. The Morgan fingerprint density at radius 1 is 1.43 bits per heavy atom. The maximum absolute atomic E-state index is 12.1. The second kappa shape index (κ2) is 6.53. The van der Waals surface area contributed by atoms with Crippen LogP contribution in [0, 0.1) is 21.4 Å². The summed E-state index contributed by atoms with van der Waals surface area (Å²) in [7, 11) is 0. The van der Waals surface area contributed by atoms with Gasteiger partial charge in [0, 0.05) is 18.2 Å². The molecule has 0 bridgehead atoms. The first-order valence-electron chi connectivity index (χ1n) is 6.70. The number of amides is 1. The predicted octanol–water partition coefficient (Wildman–Crippen LogP) is 2.29. The molecule has 1 unspecified atom stereocenters. The van der Waals surface area contributed by atoms with Crippen molar-refractivity contribution >= 4 is 17.3 Å². The van der Waals surface area contributed by atoms with Crippen molar-refractivity contribution in [2.75, 3.05) is 12.0 Å². The summed E-state index contributed by atoms with van der Waals surface area (Å²) in [6.07, 6.45) is 0. The molecule has 0 spiro atoms. The molecule has 0 radical (unpaired) electrons. The minimum atomic E-state index is -0.557. The number of hydrogen-bond acceptors (Lipinski definition) is 5. The van der Waals surface area contributed by atoms with Crippen molar-refractivity contribution < 1.29 is 9.72 Å². The van der Waals surface area contributed by atoms with Crippen molar-refractivity contribution in [1.29, 1.82) is 0 Å². The van der Waals surface area contributed by atoms with E-state index in [9.17, 15) is 14.9 Å². The summed E-state index contributed by atoms with van der Waals surface area (Å²) < 4.78 is 0. The summed E-state index contributed by atoms with van der Waals surface area (Å²) in [5, 5.41) is 13.6. The first kappa shape index (κ1) is 16.9. The quantitative estimate of drug-likeness (QED) is 0.438. The maximum Gasteiger partial charge on any atom is 0.293 e. The van der Waals surface area contributed by atoms with Crippen molar-refractivity contribution in [2.45, 2.75) is 27.7 Å². The van der Waals surface area contributed by atoms with E-state index < -0.39 is 4.92 Å². The summed E-state index contributed by atoms with van der Waals surface area (Å²) in [4.78, 5) is 22.3. The lowest BCUT2D eigenvalue weighted by molar-refractivity contribution is -0.384. The Morgan fingerprint density at radius 3 is 2.52 bits per heavy atom. The van der Waals surface area contributed by atoms with E-state index in [-0.39, 0.29) is 22.7 Å². The van der Waals surface area contributed by atoms with E-state index in [2.05, 4.69) is 38.4 Å². The zero-order chi connectivity index (χ0) is 16.2. The van der Waals surface area contributed by atoms with E-state index in [4.69, 9.17) is 5.84 Å². The number of nitrogens with zero attached hydrogens (tertiary/aromatic N) is 1. The SMILES string of the molecule is CC(CNC(=O)c1ccc([N+](=O)[O-])c(NN)c1)C(C)(C)C. The Labute approximate surface area is 124 Å². The third-order valence-corrected chi connectivity index (χ3v) is 3.66. The Hall–Kier alpha value is -2.15. The lowest BCUT2D eigenvalue weighted by Crippen LogP contribution is -2.33. The highest BCUT2D eigenvalue weighted by atomic mass is 16.6. The number of anilines is 1. The molecule has 0 fully saturated rings. The Kier molecular flexibility index (Phi) is 5.26. The number of nitro groups is 1. The van der Waals surface area contributed by atoms with Gasteiger partial charge in [0.15, 0.2) is 0 Å². The molecule has 0 aromatic heterocycles. The number of nitrogens with two attached hydrogens (primary N) is 1. The summed E-state index contributed by atoms with van der Waals surface area (Å²) in [5.41, 5.74) is 2.60. The standard InChI is InChI=1S/C14H22N4O3/c1-9(14(2,3)4)8-16-13(19)10-5-6-12(18(20)21)11(7-10)17-15/h5-7,9,17H,8,15H2,1-4H3,(H,16,19). The molecule has 0 aliphatic rings. The highest BCUT2D eigenvalue weighted by Gasteiger charge is 2.21. The number of carbonyl (C=O) groups is 1. The first-order valence-corrected chi connectivity index (χ1v) is 6.70. The number of hydrazine groups is 1. The predicted molar refractivity (Wildman–Crippen MR) is 81.9 cm³/mol. The molecule has 1 amide bonds. The van der Waals surface area contributed by atoms with E-state index in [0.29, 0.717) is 18.0 Å². The Morgan fingerprint density at radius 2 is 2.05 bits per heavy atom. The number of nitro benzene ring substituents is 1. The van der Waals surface area contributed by atoms with E-state index in [0.717, 1.165) is 0 Å². The van der Waals surface area contributed by atoms with Gasteiger partial charge in [-0.3, -0.25) is 20.8 Å². The van der Waals surface area contributed by atoms with Gasteiger partial charge in [-0.15, -0.1) is 0 Å². The van der Waals surface area contributed by atoms with Crippen LogP contribution < -0.4 is 16.6 Å². The number of hydrogen-bond donors (Lipinski definition) is 3. The third kappa shape index (κ3) is 4.42. The van der Waals surface area contributed by atoms with Crippen molar-refractivity contribution in [1.82, 2.24) is 5.32 Å². The summed E-state index contributed by atoms with van der Waals surface area (Å²) in [6, 6.07) is 4.04. The molecule has 0 heterocycles. The summed E-state index contributed by atoms with van der Waals surface area (Å²) >= 11 is 0. The van der Waals surface area contributed by atoms with Crippen molar-refractivity contribution in [3.8, 4) is 0 Å². The molecule has 7 nitrogen and oxygen atoms in total. The number of rotatable bonds is 5. The molecule has 0 aliphatic carbocycles. The molecular formula is C14H22N4O3. The van der Waals surface area contributed by atoms with Gasteiger partial charge in [0.05, 0.1) is 4.92 Å². The van der Waals surface area contributed by atoms with Crippen LogP contribution in [0.2, 0.25) is 0 Å². The van der Waals surface area contributed by atoms with Crippen molar-refractivity contribution in [2.24, 2.45) is 17.2 Å². The van der Waals surface area contributed by atoms with E-state index in [1.807, 2.05) is 0 Å². The molecule has 4 N–H and O–H groups in total. The van der Waals surface area contributed by atoms with Crippen LogP contribution in [0.1, 0.15) is 38.1 Å². The highest BCUT2D eigenvalue weighted by molar-refractivity contribution is 5.95. The minimum Gasteiger partial charge on any atom is -0.352 e. The van der Waals surface area contributed by atoms with Crippen LogP contribution in [0.4, 0.5) is 11.4 Å². The smallest absolute Gasteiger partial charge is 0.293 e. The number of benzene rings is 1. The van der Waals surface area contributed by atoms with Gasteiger partial charge in [-0.25, -0.2) is 0 Å². The fraction of sp³-hybridized carbons (Fsp3) is 0.500. The first-order chi connectivity index (χ1) is 9.66. The van der Waals surface area contributed by atoms with E-state index in [1.165, 1.54) is 18.2 Å². The largest absolute Gasteiger partial charge is 0.352 e. The van der Waals surface area contributed by atoms with Crippen LogP contribution in [-0.2, 0) is 0 Å². The van der Waals surface area contributed by atoms with Crippen LogP contribution in [0.25, 0.3) is 0 Å². The maximum atomic E-state index is 12.1. The Balaban J connectivity index is 2.82. The Bertz CT molecular complexity index is 538. The molecule has 1 atom stereocenters. The van der Waals surface area contributed by atoms with Gasteiger partial charge in [-0.1, -0.05) is 27.7 Å². The number of nitrogens with one attached hydrogen (secondary N) is 2. The molecule has 7 heteroatoms. The zero-order valence-corrected chi connectivity index (χ0v) is 12.8. The molecule has 0 saturated carbocycles. The van der Waals surface area contributed by atoms with Crippen LogP contribution in [0.5, 0.6) is 0 Å². The average molecular weight is 294 g/mol. The van der Waals surface area contributed by atoms with Crippen LogP contribution >= 0.6 is 0 Å². The van der Waals surface area contributed by atoms with Crippen molar-refractivity contribution in [3.63, 3.8) is 0 Å². The molecule has 1 aromatic carbocycles. The average Bonchev–Trinajstić information content (AvgIpc) is 2.42. The van der Waals surface area contributed by atoms with Gasteiger partial charge in [0.1, 0.15) is 5.69 Å². The van der Waals surface area contributed by atoms with Gasteiger partial charge >= 0.3 is 0 Å². The summed E-state index contributed by atoms with van der Waals surface area (Å²) in [6.45, 7) is 8.90. The third-order valence-electron chi connectivity index (χ3n) is 3.66. The van der Waals surface area contributed by atoms with Crippen LogP contribution in [-0.4, -0.2) is 17.4 Å². The fourth-order valence-corrected chi connectivity index (χ4v) is 1.61. The zero-order valence-electron chi connectivity index (χ0n) is 12.8. The number of nitrogen functional groups attached to an aromatic ring is 1. The van der Waals surface area contributed by atoms with Gasteiger partial charge in [0.25, 0.3) is 11.6 Å². The van der Waals surface area contributed by atoms with Gasteiger partial charge in [-0.05, 0) is 23.5 Å². The van der Waals surface area contributed by atoms with Gasteiger partial charge in [0.2, 0.25) is 0 Å². The van der Waals surface area contributed by atoms with Gasteiger partial charge in [-0.2, -0.15) is 0 Å². The number of carbonyl (C=O) groups excluding carboxylic acids is 1. The normalized spacial score (nSPS) is 12.6.